The summed E-state index contributed by atoms with van der Waals surface area (Å²) in [6.07, 6.45) is 6.01. The molecule has 0 radical (unpaired) electrons. The van der Waals surface area contributed by atoms with Gasteiger partial charge in [0.15, 0.2) is 0 Å². The Hall–Kier alpha value is -5.93. The third kappa shape index (κ3) is 8.27. The Balaban J connectivity index is 1.19. The summed E-state index contributed by atoms with van der Waals surface area (Å²) in [5.41, 5.74) is 3.96. The van der Waals surface area contributed by atoms with Crippen LogP contribution < -0.4 is 25.0 Å². The number of nitrogens with one attached hydrogen (secondary N) is 2. The minimum absolute atomic E-state index is 0.0619. The molecule has 12 nitrogen and oxygen atoms in total. The maximum Gasteiger partial charge on any atom is 0.259 e. The average molecular weight is 767 g/mol. The molecule has 6 aromatic rings. The van der Waals surface area contributed by atoms with Gasteiger partial charge in [0.1, 0.15) is 34.5 Å². The number of hydrogen-bond acceptors (Lipinski definition) is 10. The Morgan fingerprint density at radius 3 is 2.53 bits per heavy atom. The van der Waals surface area contributed by atoms with Gasteiger partial charge in [0, 0.05) is 48.6 Å². The third-order valence-corrected chi connectivity index (χ3v) is 10.1. The fourth-order valence-electron chi connectivity index (χ4n) is 6.77. The molecule has 0 aliphatic carbocycles. The van der Waals surface area contributed by atoms with Crippen LogP contribution >= 0.6 is 0 Å². The monoisotopic (exact) mass is 766 g/mol. The van der Waals surface area contributed by atoms with Crippen molar-refractivity contribution in [1.82, 2.24) is 19.4 Å². The molecular weight excluding hydrogens is 729 g/mol. The predicted octanol–water partition coefficient (Wildman–Crippen LogP) is 7.63. The summed E-state index contributed by atoms with van der Waals surface area (Å²) in [6.45, 7) is 3.67. The molecule has 1 saturated heterocycles. The SMILES string of the molecule is CCOc1ccc(-c2nc3ccccn3c2-c2ccnc(Nc3ccc(N4CCC(CCS(=O)[O-])CC4)cc3OC)n2)cc1C(=O)Nc1c(F)cccc1F. The van der Waals surface area contributed by atoms with Crippen molar-refractivity contribution in [3.05, 3.63) is 108 Å². The molecule has 1 fully saturated rings. The van der Waals surface area contributed by atoms with Crippen LogP contribution in [0, 0.1) is 17.6 Å². The summed E-state index contributed by atoms with van der Waals surface area (Å²) in [5.74, 6) is -0.844. The smallest absolute Gasteiger partial charge is 0.259 e. The summed E-state index contributed by atoms with van der Waals surface area (Å²) in [6, 6.07) is 21.5. The number of imidazole rings is 1. The van der Waals surface area contributed by atoms with E-state index in [0.717, 1.165) is 43.8 Å². The van der Waals surface area contributed by atoms with E-state index in [9.17, 15) is 22.3 Å². The van der Waals surface area contributed by atoms with Crippen molar-refractivity contribution in [2.45, 2.75) is 26.2 Å². The minimum Gasteiger partial charge on any atom is -0.772 e. The lowest BCUT2D eigenvalue weighted by molar-refractivity contribution is 0.102. The molecule has 284 valence electrons. The van der Waals surface area contributed by atoms with Crippen molar-refractivity contribution in [3.63, 3.8) is 0 Å². The van der Waals surface area contributed by atoms with Crippen LogP contribution in [-0.4, -0.2) is 66.6 Å². The van der Waals surface area contributed by atoms with Gasteiger partial charge in [-0.05, 0) is 92.8 Å². The summed E-state index contributed by atoms with van der Waals surface area (Å²) in [4.78, 5) is 30.1. The highest BCUT2D eigenvalue weighted by Crippen LogP contribution is 2.37. The molecule has 15 heteroatoms. The number of piperidine rings is 1. The Kier molecular flexibility index (Phi) is 11.3. The van der Waals surface area contributed by atoms with Crippen LogP contribution in [0.15, 0.2) is 91.3 Å². The number of fused-ring (bicyclic) bond motifs is 1. The van der Waals surface area contributed by atoms with E-state index >= 15 is 0 Å². The first kappa shape index (κ1) is 37.4. The number of ether oxygens (including phenoxy) is 2. The molecule has 55 heavy (non-hydrogen) atoms. The van der Waals surface area contributed by atoms with E-state index in [-0.39, 0.29) is 23.7 Å². The van der Waals surface area contributed by atoms with E-state index in [1.165, 1.54) is 6.07 Å². The zero-order valence-corrected chi connectivity index (χ0v) is 30.9. The Morgan fingerprint density at radius 2 is 1.78 bits per heavy atom. The van der Waals surface area contributed by atoms with Gasteiger partial charge in [-0.3, -0.25) is 13.4 Å². The maximum atomic E-state index is 14.5. The summed E-state index contributed by atoms with van der Waals surface area (Å²) in [5, 5.41) is 5.65. The second kappa shape index (κ2) is 16.6. The number of anilines is 4. The largest absolute Gasteiger partial charge is 0.772 e. The maximum absolute atomic E-state index is 14.5. The van der Waals surface area contributed by atoms with E-state index in [1.807, 2.05) is 47.0 Å². The van der Waals surface area contributed by atoms with E-state index in [2.05, 4.69) is 20.5 Å². The number of nitrogens with zero attached hydrogens (tertiary/aromatic N) is 5. The molecule has 4 heterocycles. The van der Waals surface area contributed by atoms with Crippen molar-refractivity contribution in [2.24, 2.45) is 5.92 Å². The van der Waals surface area contributed by atoms with Crippen LogP contribution in [0.5, 0.6) is 11.5 Å². The van der Waals surface area contributed by atoms with Crippen LogP contribution in [0.25, 0.3) is 28.3 Å². The van der Waals surface area contributed by atoms with Gasteiger partial charge in [-0.2, -0.15) is 0 Å². The van der Waals surface area contributed by atoms with Crippen molar-refractivity contribution in [2.75, 3.05) is 48.1 Å². The fraction of sp³-hybridized carbons (Fsp3) is 0.250. The number of pyridine rings is 1. The number of para-hydroxylation sites is 1. The number of carbonyl (C=O) groups excluding carboxylic acids is 1. The molecule has 1 aliphatic heterocycles. The van der Waals surface area contributed by atoms with Crippen molar-refractivity contribution in [1.29, 1.82) is 0 Å². The topological polar surface area (TPSA) is 146 Å². The first-order chi connectivity index (χ1) is 26.7. The normalized spacial score (nSPS) is 13.8. The van der Waals surface area contributed by atoms with Crippen molar-refractivity contribution < 1.29 is 31.8 Å². The lowest BCUT2D eigenvalue weighted by atomic mass is 9.94. The highest BCUT2D eigenvalue weighted by atomic mass is 32.2. The molecule has 0 bridgehead atoms. The van der Waals surface area contributed by atoms with E-state index < -0.39 is 34.3 Å². The molecule has 1 amide bonds. The first-order valence-corrected chi connectivity index (χ1v) is 19.1. The van der Waals surface area contributed by atoms with Gasteiger partial charge in [0.05, 0.1) is 42.0 Å². The van der Waals surface area contributed by atoms with Gasteiger partial charge in [-0.1, -0.05) is 23.2 Å². The molecule has 1 unspecified atom stereocenters. The predicted molar refractivity (Wildman–Crippen MR) is 207 cm³/mol. The van der Waals surface area contributed by atoms with Crippen LogP contribution in [0.3, 0.4) is 0 Å². The van der Waals surface area contributed by atoms with Gasteiger partial charge in [-0.15, -0.1) is 0 Å². The van der Waals surface area contributed by atoms with E-state index in [0.29, 0.717) is 58.0 Å². The number of methoxy groups -OCH3 is 1. The molecule has 1 aliphatic rings. The van der Waals surface area contributed by atoms with E-state index in [1.54, 1.807) is 44.5 Å². The molecule has 3 aromatic heterocycles. The Morgan fingerprint density at radius 1 is 0.982 bits per heavy atom. The average Bonchev–Trinajstić information content (AvgIpc) is 3.59. The number of carbonyl (C=O) groups is 1. The molecule has 3 aromatic carbocycles. The van der Waals surface area contributed by atoms with Crippen molar-refractivity contribution >= 4 is 45.6 Å². The second-order valence-electron chi connectivity index (χ2n) is 12.9. The lowest BCUT2D eigenvalue weighted by Crippen LogP contribution is -2.34. The highest BCUT2D eigenvalue weighted by Gasteiger charge is 2.24. The van der Waals surface area contributed by atoms with Crippen LogP contribution in [0.4, 0.5) is 31.8 Å². The van der Waals surface area contributed by atoms with Gasteiger partial charge < -0.3 is 29.6 Å². The van der Waals surface area contributed by atoms with Crippen LogP contribution in [0.1, 0.15) is 36.5 Å². The van der Waals surface area contributed by atoms with Gasteiger partial charge in [-0.25, -0.2) is 23.7 Å². The first-order valence-electron chi connectivity index (χ1n) is 17.8. The molecular formula is C40H38F2N7O5S-. The van der Waals surface area contributed by atoms with Gasteiger partial charge in [0.2, 0.25) is 5.95 Å². The molecule has 2 N–H and O–H groups in total. The standard InChI is InChI=1S/C40H39F2N7O5S/c1-3-54-33-13-10-26(23-28(33)39(50)47-37-29(41)7-6-8-30(37)42)36-38(49-19-5-4-9-35(49)46-36)32-14-18-43-40(45-32)44-31-12-11-27(24-34(31)53-2)48-20-15-25(16-21-48)17-22-55(51)52/h4-14,18-19,23-25H,3,15-17,20-22H2,1-2H3,(H,47,50)(H,51,52)(H,43,44,45)/p-1. The van der Waals surface area contributed by atoms with Crippen molar-refractivity contribution in [3.8, 4) is 34.1 Å². The molecule has 0 saturated carbocycles. The molecule has 0 spiro atoms. The quantitative estimate of drug-likeness (QED) is 0.113. The molecule has 7 rings (SSSR count). The number of rotatable bonds is 13. The summed E-state index contributed by atoms with van der Waals surface area (Å²) < 4.78 is 64.4. The highest BCUT2D eigenvalue weighted by molar-refractivity contribution is 7.79. The van der Waals surface area contributed by atoms with Gasteiger partial charge in [0.25, 0.3) is 5.91 Å². The Labute approximate surface area is 318 Å². The van der Waals surface area contributed by atoms with Gasteiger partial charge >= 0.3 is 0 Å². The Bertz CT molecular complexity index is 2350. The number of benzene rings is 3. The minimum atomic E-state index is -2.01. The second-order valence-corrected chi connectivity index (χ2v) is 14.0. The fourth-order valence-corrected chi connectivity index (χ4v) is 7.30. The summed E-state index contributed by atoms with van der Waals surface area (Å²) in [7, 11) is 1.60. The van der Waals surface area contributed by atoms with Crippen LogP contribution in [-0.2, 0) is 11.1 Å². The van der Waals surface area contributed by atoms with Crippen LogP contribution in [0.2, 0.25) is 0 Å². The number of aromatic nitrogens is 4. The number of amides is 1. The third-order valence-electron chi connectivity index (χ3n) is 9.53. The zero-order valence-electron chi connectivity index (χ0n) is 30.1. The van der Waals surface area contributed by atoms with E-state index in [4.69, 9.17) is 19.4 Å². The molecule has 1 atom stereocenters. The lowest BCUT2D eigenvalue weighted by Gasteiger charge is -2.34. The number of halogens is 2. The number of hydrogen-bond donors (Lipinski definition) is 2. The summed E-state index contributed by atoms with van der Waals surface area (Å²) >= 11 is -2.01. The zero-order chi connectivity index (χ0) is 38.5.